The van der Waals surface area contributed by atoms with Crippen LogP contribution in [0.25, 0.3) is 0 Å². The first-order valence-electron chi connectivity index (χ1n) is 4.45. The molecular formula is C10H13NO4. The van der Waals surface area contributed by atoms with Crippen molar-refractivity contribution in [3.05, 3.63) is 29.3 Å². The zero-order valence-corrected chi connectivity index (χ0v) is 8.05. The van der Waals surface area contributed by atoms with E-state index in [0.717, 1.165) is 0 Å². The van der Waals surface area contributed by atoms with Crippen LogP contribution in [0.3, 0.4) is 0 Å². The van der Waals surface area contributed by atoms with E-state index in [1.807, 2.05) is 0 Å². The van der Waals surface area contributed by atoms with Gasteiger partial charge in [0, 0.05) is 17.2 Å². The summed E-state index contributed by atoms with van der Waals surface area (Å²) in [6.07, 6.45) is -0.261. The van der Waals surface area contributed by atoms with E-state index in [1.165, 1.54) is 0 Å². The van der Waals surface area contributed by atoms with Crippen molar-refractivity contribution in [1.82, 2.24) is 0 Å². The number of rotatable bonds is 4. The lowest BCUT2D eigenvalue weighted by molar-refractivity contribution is -0.137. The molecule has 5 N–H and O–H groups in total. The molecule has 0 aliphatic rings. The van der Waals surface area contributed by atoms with Crippen LogP contribution < -0.4 is 5.73 Å². The number of benzene rings is 1. The number of para-hydroxylation sites is 1. The Bertz CT molecular complexity index is 364. The number of hydrogen-bond acceptors (Lipinski definition) is 4. The maximum absolute atomic E-state index is 10.4. The Morgan fingerprint density at radius 1 is 1.47 bits per heavy atom. The summed E-state index contributed by atoms with van der Waals surface area (Å²) in [7, 11) is 0. The fourth-order valence-corrected chi connectivity index (χ4v) is 1.34. The molecule has 0 bridgehead atoms. The third-order valence-electron chi connectivity index (χ3n) is 2.12. The van der Waals surface area contributed by atoms with Crippen LogP contribution in [0, 0.1) is 0 Å². The van der Waals surface area contributed by atoms with Gasteiger partial charge in [-0.1, -0.05) is 18.2 Å². The minimum absolute atomic E-state index is 0.131. The Balaban J connectivity index is 2.98. The molecule has 0 aliphatic heterocycles. The highest BCUT2D eigenvalue weighted by Gasteiger charge is 2.15. The number of carbonyl (C=O) groups is 1. The van der Waals surface area contributed by atoms with Crippen molar-refractivity contribution in [1.29, 1.82) is 0 Å². The molecule has 1 atom stereocenters. The minimum Gasteiger partial charge on any atom is -0.507 e. The van der Waals surface area contributed by atoms with Gasteiger partial charge in [-0.25, -0.2) is 0 Å². The summed E-state index contributed by atoms with van der Waals surface area (Å²) >= 11 is 0. The lowest BCUT2D eigenvalue weighted by Crippen LogP contribution is -2.15. The first-order valence-corrected chi connectivity index (χ1v) is 4.45. The quantitative estimate of drug-likeness (QED) is 0.575. The zero-order valence-electron chi connectivity index (χ0n) is 8.05. The van der Waals surface area contributed by atoms with Gasteiger partial charge in [-0.05, 0) is 0 Å². The summed E-state index contributed by atoms with van der Waals surface area (Å²) in [6.45, 7) is -0.306. The monoisotopic (exact) mass is 211 g/mol. The van der Waals surface area contributed by atoms with E-state index in [0.29, 0.717) is 11.1 Å². The molecule has 0 amide bonds. The number of aromatic hydroxyl groups is 1. The lowest BCUT2D eigenvalue weighted by Gasteiger charge is -2.13. The van der Waals surface area contributed by atoms with E-state index >= 15 is 0 Å². The van der Waals surface area contributed by atoms with E-state index in [2.05, 4.69) is 0 Å². The van der Waals surface area contributed by atoms with Gasteiger partial charge in [-0.3, -0.25) is 4.79 Å². The molecule has 1 unspecified atom stereocenters. The smallest absolute Gasteiger partial charge is 0.305 e. The summed E-state index contributed by atoms with van der Waals surface area (Å²) in [4.78, 5) is 10.4. The summed E-state index contributed by atoms with van der Waals surface area (Å²) < 4.78 is 0. The van der Waals surface area contributed by atoms with Gasteiger partial charge in [0.2, 0.25) is 0 Å². The van der Waals surface area contributed by atoms with E-state index in [-0.39, 0.29) is 18.8 Å². The van der Waals surface area contributed by atoms with Crippen LogP contribution in [-0.4, -0.2) is 21.3 Å². The van der Waals surface area contributed by atoms with Crippen LogP contribution in [0.1, 0.15) is 23.6 Å². The SMILES string of the molecule is NC(CC(=O)O)c1cccc(CO)c1O. The molecule has 0 aliphatic carbocycles. The van der Waals surface area contributed by atoms with E-state index in [4.69, 9.17) is 15.9 Å². The van der Waals surface area contributed by atoms with Gasteiger partial charge in [0.05, 0.1) is 13.0 Å². The van der Waals surface area contributed by atoms with Gasteiger partial charge < -0.3 is 21.1 Å². The van der Waals surface area contributed by atoms with Crippen molar-refractivity contribution in [2.24, 2.45) is 5.73 Å². The second kappa shape index (κ2) is 4.77. The first kappa shape index (κ1) is 11.5. The average molecular weight is 211 g/mol. The van der Waals surface area contributed by atoms with E-state index in [9.17, 15) is 9.90 Å². The number of aliphatic hydroxyl groups is 1. The summed E-state index contributed by atoms with van der Waals surface area (Å²) in [5.41, 5.74) is 6.28. The molecule has 1 aromatic rings. The standard InChI is InChI=1S/C10H13NO4/c11-8(4-9(13)14)7-3-1-2-6(5-12)10(7)15/h1-3,8,12,15H,4-5,11H2,(H,13,14). The molecule has 15 heavy (non-hydrogen) atoms. The van der Waals surface area contributed by atoms with Gasteiger partial charge in [-0.15, -0.1) is 0 Å². The van der Waals surface area contributed by atoms with Gasteiger partial charge >= 0.3 is 5.97 Å². The van der Waals surface area contributed by atoms with Gasteiger partial charge in [0.15, 0.2) is 0 Å². The Morgan fingerprint density at radius 2 is 2.13 bits per heavy atom. The molecule has 0 fully saturated rings. The maximum Gasteiger partial charge on any atom is 0.305 e. The number of hydrogen-bond donors (Lipinski definition) is 4. The number of aliphatic hydroxyl groups excluding tert-OH is 1. The molecule has 1 aromatic carbocycles. The maximum atomic E-state index is 10.4. The molecule has 0 saturated carbocycles. The Kier molecular flexibility index (Phi) is 3.65. The Labute approximate surface area is 86.8 Å². The number of carboxylic acids is 1. The van der Waals surface area contributed by atoms with Gasteiger partial charge in [0.1, 0.15) is 5.75 Å². The molecule has 0 aromatic heterocycles. The highest BCUT2D eigenvalue weighted by molar-refractivity contribution is 5.68. The number of aliphatic carboxylic acids is 1. The van der Waals surface area contributed by atoms with Crippen LogP contribution in [0.5, 0.6) is 5.75 Å². The number of phenols is 1. The molecule has 0 radical (unpaired) electrons. The highest BCUT2D eigenvalue weighted by Crippen LogP contribution is 2.28. The van der Waals surface area contributed by atoms with E-state index in [1.54, 1.807) is 18.2 Å². The molecule has 82 valence electrons. The largest absolute Gasteiger partial charge is 0.507 e. The van der Waals surface area contributed by atoms with Crippen molar-refractivity contribution >= 4 is 5.97 Å². The predicted molar refractivity (Wildman–Crippen MR) is 53.2 cm³/mol. The van der Waals surface area contributed by atoms with Crippen molar-refractivity contribution in [2.45, 2.75) is 19.1 Å². The third-order valence-corrected chi connectivity index (χ3v) is 2.12. The first-order chi connectivity index (χ1) is 7.06. The van der Waals surface area contributed by atoms with Crippen molar-refractivity contribution < 1.29 is 20.1 Å². The Morgan fingerprint density at radius 3 is 2.67 bits per heavy atom. The van der Waals surface area contributed by atoms with Crippen LogP contribution in [0.4, 0.5) is 0 Å². The van der Waals surface area contributed by atoms with Gasteiger partial charge in [0.25, 0.3) is 0 Å². The minimum atomic E-state index is -1.03. The summed E-state index contributed by atoms with van der Waals surface area (Å²) in [6, 6.07) is 3.94. The van der Waals surface area contributed by atoms with Crippen molar-refractivity contribution in [3.8, 4) is 5.75 Å². The third kappa shape index (κ3) is 2.68. The van der Waals surface area contributed by atoms with Crippen LogP contribution in [-0.2, 0) is 11.4 Å². The summed E-state index contributed by atoms with van der Waals surface area (Å²) in [5, 5.41) is 27.1. The highest BCUT2D eigenvalue weighted by atomic mass is 16.4. The van der Waals surface area contributed by atoms with Crippen molar-refractivity contribution in [3.63, 3.8) is 0 Å². The molecule has 0 heterocycles. The zero-order chi connectivity index (χ0) is 11.4. The normalized spacial score (nSPS) is 12.4. The second-order valence-electron chi connectivity index (χ2n) is 3.22. The number of nitrogens with two attached hydrogens (primary N) is 1. The molecule has 1 rings (SSSR count). The van der Waals surface area contributed by atoms with Crippen molar-refractivity contribution in [2.75, 3.05) is 0 Å². The molecular weight excluding hydrogens is 198 g/mol. The average Bonchev–Trinajstić information content (AvgIpc) is 2.17. The molecule has 5 heteroatoms. The predicted octanol–water partition coefficient (Wildman–Crippen LogP) is 0.359. The molecule has 5 nitrogen and oxygen atoms in total. The number of carboxylic acid groups (broad SMARTS) is 1. The van der Waals surface area contributed by atoms with Crippen LogP contribution in [0.15, 0.2) is 18.2 Å². The second-order valence-corrected chi connectivity index (χ2v) is 3.22. The fourth-order valence-electron chi connectivity index (χ4n) is 1.34. The van der Waals surface area contributed by atoms with Crippen LogP contribution >= 0.6 is 0 Å². The van der Waals surface area contributed by atoms with Crippen LogP contribution in [0.2, 0.25) is 0 Å². The summed E-state index contributed by atoms with van der Waals surface area (Å²) in [5.74, 6) is -1.16. The van der Waals surface area contributed by atoms with Gasteiger partial charge in [-0.2, -0.15) is 0 Å². The van der Waals surface area contributed by atoms with E-state index < -0.39 is 12.0 Å². The Hall–Kier alpha value is -1.59. The molecule has 0 spiro atoms. The topological polar surface area (TPSA) is 104 Å². The lowest BCUT2D eigenvalue weighted by atomic mass is 10.0. The molecule has 0 saturated heterocycles. The fraction of sp³-hybridized carbons (Fsp3) is 0.300.